The minimum absolute atomic E-state index is 0.0316. The van der Waals surface area contributed by atoms with Crippen LogP contribution >= 0.6 is 11.8 Å². The highest BCUT2D eigenvalue weighted by Gasteiger charge is 2.18. The first-order chi connectivity index (χ1) is 9.63. The summed E-state index contributed by atoms with van der Waals surface area (Å²) in [5.74, 6) is -1.53. The molecular formula is C13H12N2O4S. The molecule has 0 atom stereocenters. The van der Waals surface area contributed by atoms with E-state index in [9.17, 15) is 9.59 Å². The van der Waals surface area contributed by atoms with Gasteiger partial charge >= 0.3 is 11.9 Å². The molecule has 0 aliphatic carbocycles. The number of nitrogens with zero attached hydrogens (tertiary/aromatic N) is 2. The number of carbonyl (C=O) groups is 2. The minimum Gasteiger partial charge on any atom is -0.476 e. The van der Waals surface area contributed by atoms with Crippen molar-refractivity contribution >= 4 is 34.6 Å². The Morgan fingerprint density at radius 2 is 2.05 bits per heavy atom. The van der Waals surface area contributed by atoms with Crippen LogP contribution in [0.4, 0.5) is 0 Å². The van der Waals surface area contributed by atoms with E-state index < -0.39 is 11.9 Å². The minimum atomic E-state index is -1.17. The van der Waals surface area contributed by atoms with E-state index in [2.05, 4.69) is 10.2 Å². The predicted octanol–water partition coefficient (Wildman–Crippen LogP) is 1.98. The van der Waals surface area contributed by atoms with Crippen molar-refractivity contribution in [3.63, 3.8) is 0 Å². The van der Waals surface area contributed by atoms with Crippen LogP contribution in [0.2, 0.25) is 0 Å². The number of carbonyl (C=O) groups excluding carboxylic acids is 1. The van der Waals surface area contributed by atoms with E-state index in [0.717, 1.165) is 11.8 Å². The number of benzene rings is 1. The molecule has 0 radical (unpaired) electrons. The molecule has 1 aromatic heterocycles. The molecule has 1 heterocycles. The molecule has 1 aromatic carbocycles. The monoisotopic (exact) mass is 292 g/mol. The Kier molecular flexibility index (Phi) is 4.52. The Bertz CT molecular complexity index is 660. The third-order valence-corrected chi connectivity index (χ3v) is 3.55. The van der Waals surface area contributed by atoms with Gasteiger partial charge in [-0.1, -0.05) is 18.2 Å². The van der Waals surface area contributed by atoms with Gasteiger partial charge < -0.3 is 9.84 Å². The van der Waals surface area contributed by atoms with Crippen LogP contribution in [0.5, 0.6) is 0 Å². The number of ether oxygens (including phenoxy) is 1. The predicted molar refractivity (Wildman–Crippen MR) is 73.9 cm³/mol. The van der Waals surface area contributed by atoms with Crippen LogP contribution < -0.4 is 0 Å². The second-order valence-corrected chi connectivity index (χ2v) is 4.78. The average Bonchev–Trinajstić information content (AvgIpc) is 2.44. The van der Waals surface area contributed by atoms with Crippen molar-refractivity contribution in [1.82, 2.24) is 10.2 Å². The van der Waals surface area contributed by atoms with Crippen LogP contribution in [0, 0.1) is 0 Å². The molecule has 20 heavy (non-hydrogen) atoms. The summed E-state index contributed by atoms with van der Waals surface area (Å²) >= 11 is 1.10. The van der Waals surface area contributed by atoms with Gasteiger partial charge in [-0.25, -0.2) is 4.79 Å². The Hall–Kier alpha value is -2.15. The molecule has 0 saturated carbocycles. The van der Waals surface area contributed by atoms with Gasteiger partial charge in [-0.05, 0) is 13.0 Å². The maximum atomic E-state index is 11.4. The largest absolute Gasteiger partial charge is 0.476 e. The van der Waals surface area contributed by atoms with Crippen LogP contribution in [0.1, 0.15) is 17.4 Å². The molecule has 0 fully saturated rings. The van der Waals surface area contributed by atoms with Gasteiger partial charge in [0, 0.05) is 5.39 Å². The number of rotatable bonds is 5. The van der Waals surface area contributed by atoms with E-state index in [1.807, 2.05) is 0 Å². The van der Waals surface area contributed by atoms with E-state index in [4.69, 9.17) is 9.84 Å². The maximum absolute atomic E-state index is 11.4. The third-order valence-electron chi connectivity index (χ3n) is 2.46. The molecule has 0 spiro atoms. The molecule has 0 unspecified atom stereocenters. The van der Waals surface area contributed by atoms with Gasteiger partial charge in [-0.2, -0.15) is 0 Å². The van der Waals surface area contributed by atoms with Crippen molar-refractivity contribution in [3.05, 3.63) is 30.0 Å². The van der Waals surface area contributed by atoms with E-state index >= 15 is 0 Å². The number of hydrogen-bond donors (Lipinski definition) is 1. The van der Waals surface area contributed by atoms with Gasteiger partial charge in [0.2, 0.25) is 0 Å². The highest BCUT2D eigenvalue weighted by molar-refractivity contribution is 8.00. The van der Waals surface area contributed by atoms with Crippen LogP contribution in [0.3, 0.4) is 0 Å². The number of fused-ring (bicyclic) bond motifs is 1. The summed E-state index contributed by atoms with van der Waals surface area (Å²) in [6.07, 6.45) is 0. The van der Waals surface area contributed by atoms with Gasteiger partial charge in [-0.15, -0.1) is 22.0 Å². The molecule has 104 valence electrons. The Morgan fingerprint density at radius 1 is 1.30 bits per heavy atom. The summed E-state index contributed by atoms with van der Waals surface area (Å²) in [5.41, 5.74) is 0.432. The fourth-order valence-corrected chi connectivity index (χ4v) is 2.59. The first-order valence-electron chi connectivity index (χ1n) is 5.90. The topological polar surface area (TPSA) is 89.4 Å². The lowest BCUT2D eigenvalue weighted by Crippen LogP contribution is -2.09. The highest BCUT2D eigenvalue weighted by Crippen LogP contribution is 2.29. The van der Waals surface area contributed by atoms with Gasteiger partial charge in [0.25, 0.3) is 0 Å². The molecule has 0 amide bonds. The normalized spacial score (nSPS) is 10.4. The van der Waals surface area contributed by atoms with Crippen molar-refractivity contribution < 1.29 is 19.4 Å². The number of aromatic carboxylic acids is 1. The third kappa shape index (κ3) is 3.05. The van der Waals surface area contributed by atoms with E-state index in [-0.39, 0.29) is 11.4 Å². The first kappa shape index (κ1) is 14.3. The van der Waals surface area contributed by atoms with E-state index in [0.29, 0.717) is 22.4 Å². The van der Waals surface area contributed by atoms with Gasteiger partial charge in [0.05, 0.1) is 22.8 Å². The lowest BCUT2D eigenvalue weighted by molar-refractivity contribution is -0.139. The molecule has 0 bridgehead atoms. The van der Waals surface area contributed by atoms with Gasteiger partial charge in [0.15, 0.2) is 5.69 Å². The summed E-state index contributed by atoms with van der Waals surface area (Å²) in [5, 5.41) is 17.4. The lowest BCUT2D eigenvalue weighted by atomic mass is 10.2. The molecular weight excluding hydrogens is 280 g/mol. The number of thioether (sulfide) groups is 1. The molecule has 0 saturated heterocycles. The van der Waals surface area contributed by atoms with E-state index in [1.54, 1.807) is 31.2 Å². The van der Waals surface area contributed by atoms with Crippen molar-refractivity contribution in [1.29, 1.82) is 0 Å². The van der Waals surface area contributed by atoms with Crippen LogP contribution in [-0.4, -0.2) is 39.6 Å². The van der Waals surface area contributed by atoms with Gasteiger partial charge in [-0.3, -0.25) is 4.79 Å². The smallest absolute Gasteiger partial charge is 0.357 e. The molecule has 0 aliphatic rings. The summed E-state index contributed by atoms with van der Waals surface area (Å²) in [7, 11) is 0. The summed E-state index contributed by atoms with van der Waals surface area (Å²) in [6.45, 7) is 2.01. The fourth-order valence-electron chi connectivity index (χ4n) is 1.65. The zero-order valence-electron chi connectivity index (χ0n) is 10.7. The van der Waals surface area contributed by atoms with Crippen LogP contribution in [0.15, 0.2) is 29.2 Å². The number of esters is 1. The molecule has 2 aromatic rings. The van der Waals surface area contributed by atoms with E-state index in [1.165, 1.54) is 0 Å². The molecule has 7 heteroatoms. The van der Waals surface area contributed by atoms with Crippen molar-refractivity contribution in [3.8, 4) is 0 Å². The summed E-state index contributed by atoms with van der Waals surface area (Å²) in [6, 6.07) is 7.06. The van der Waals surface area contributed by atoms with Crippen LogP contribution in [0.25, 0.3) is 10.9 Å². The Balaban J connectivity index is 2.39. The van der Waals surface area contributed by atoms with Crippen molar-refractivity contribution in [2.75, 3.05) is 12.4 Å². The fraction of sp³-hybridized carbons (Fsp3) is 0.231. The number of carboxylic acid groups (broad SMARTS) is 1. The number of carboxylic acids is 1. The zero-order chi connectivity index (χ0) is 14.5. The quantitative estimate of drug-likeness (QED) is 0.665. The van der Waals surface area contributed by atoms with Gasteiger partial charge in [0.1, 0.15) is 0 Å². The summed E-state index contributed by atoms with van der Waals surface area (Å²) in [4.78, 5) is 23.0. The molecule has 1 N–H and O–H groups in total. The highest BCUT2D eigenvalue weighted by atomic mass is 32.2. The Morgan fingerprint density at radius 3 is 2.75 bits per heavy atom. The Labute approximate surface area is 119 Å². The standard InChI is InChI=1S/C13H12N2O4S/c1-2-19-10(16)7-20-12-8-5-3-4-6-9(8)14-15-11(12)13(17)18/h3-6H,2,7H2,1H3,(H,17,18). The van der Waals surface area contributed by atoms with Crippen LogP contribution in [-0.2, 0) is 9.53 Å². The lowest BCUT2D eigenvalue weighted by Gasteiger charge is -2.07. The first-order valence-corrected chi connectivity index (χ1v) is 6.89. The molecule has 0 aliphatic heterocycles. The second kappa shape index (κ2) is 6.33. The zero-order valence-corrected chi connectivity index (χ0v) is 11.5. The molecule has 2 rings (SSSR count). The number of hydrogen-bond acceptors (Lipinski definition) is 6. The SMILES string of the molecule is CCOC(=O)CSc1c(C(=O)O)nnc2ccccc12. The average molecular weight is 292 g/mol. The number of aromatic nitrogens is 2. The van der Waals surface area contributed by atoms with Crippen molar-refractivity contribution in [2.24, 2.45) is 0 Å². The van der Waals surface area contributed by atoms with Crippen molar-refractivity contribution in [2.45, 2.75) is 11.8 Å². The molecule has 6 nitrogen and oxygen atoms in total. The second-order valence-electron chi connectivity index (χ2n) is 3.79. The maximum Gasteiger partial charge on any atom is 0.357 e. The summed E-state index contributed by atoms with van der Waals surface area (Å²) < 4.78 is 4.83.